The Hall–Kier alpha value is -1.19. The second-order valence-electron chi connectivity index (χ2n) is 5.39. The standard InChI is InChI=1S/C10H14ClN5O10S2/c1-14-6-2-5(11)8(27(12,21)22)3-9(6)28(23,24)13-10(14)7(26-16(19)20)4-25-15(17)18/h2-3,7,10,13,17,19H,4H2,1H3,(H2,12,21,22)/q-2/t7-,10?/m0/s1. The number of fused-ring (bicyclic) bond motifs is 1. The van der Waals surface area contributed by atoms with E-state index in [-0.39, 0.29) is 10.7 Å². The van der Waals surface area contributed by atoms with Crippen LogP contribution < -0.4 is 14.8 Å². The minimum absolute atomic E-state index is 0.117. The molecule has 0 spiro atoms. The van der Waals surface area contributed by atoms with Crippen LogP contribution in [0.1, 0.15) is 0 Å². The van der Waals surface area contributed by atoms with Crippen molar-refractivity contribution in [2.75, 3.05) is 18.6 Å². The number of hydrogen-bond donors (Lipinski definition) is 4. The molecule has 0 amide bonds. The normalized spacial score (nSPS) is 20.5. The predicted octanol–water partition coefficient (Wildman–Crippen LogP) is -1.35. The van der Waals surface area contributed by atoms with E-state index in [1.54, 1.807) is 0 Å². The Morgan fingerprint density at radius 2 is 2.00 bits per heavy atom. The van der Waals surface area contributed by atoms with Crippen molar-refractivity contribution >= 4 is 37.3 Å². The van der Waals surface area contributed by atoms with Crippen LogP contribution in [0, 0.1) is 10.4 Å². The monoisotopic (exact) mass is 463 g/mol. The highest BCUT2D eigenvalue weighted by Gasteiger charge is 2.40. The van der Waals surface area contributed by atoms with Crippen LogP contribution in [0.2, 0.25) is 5.02 Å². The lowest BCUT2D eigenvalue weighted by Gasteiger charge is -2.41. The summed E-state index contributed by atoms with van der Waals surface area (Å²) in [5.74, 6) is 0. The summed E-state index contributed by atoms with van der Waals surface area (Å²) in [4.78, 5) is 8.65. The van der Waals surface area contributed by atoms with E-state index in [4.69, 9.17) is 27.2 Å². The van der Waals surface area contributed by atoms with Crippen LogP contribution in [-0.4, -0.2) is 64.0 Å². The van der Waals surface area contributed by atoms with Gasteiger partial charge in [-0.2, -0.15) is 4.72 Å². The van der Waals surface area contributed by atoms with E-state index < -0.39 is 59.5 Å². The van der Waals surface area contributed by atoms with Crippen molar-refractivity contribution in [3.8, 4) is 0 Å². The van der Waals surface area contributed by atoms with Crippen molar-refractivity contribution in [1.29, 1.82) is 0 Å². The fourth-order valence-electron chi connectivity index (χ4n) is 2.44. The molecule has 0 fully saturated rings. The molecule has 1 aromatic carbocycles. The summed E-state index contributed by atoms with van der Waals surface area (Å²) in [5.41, 5.74) is -0.117. The minimum Gasteiger partial charge on any atom is -0.738 e. The fraction of sp³-hybridized carbons (Fsp3) is 0.400. The van der Waals surface area contributed by atoms with Crippen molar-refractivity contribution in [2.24, 2.45) is 5.14 Å². The van der Waals surface area contributed by atoms with Gasteiger partial charge in [0.1, 0.15) is 28.7 Å². The number of nitrogens with zero attached hydrogens (tertiary/aromatic N) is 3. The first-order chi connectivity index (χ1) is 12.7. The van der Waals surface area contributed by atoms with Crippen molar-refractivity contribution in [2.45, 2.75) is 22.1 Å². The van der Waals surface area contributed by atoms with E-state index in [2.05, 4.69) is 14.4 Å². The molecule has 1 aliphatic heterocycles. The Bertz CT molecular complexity index is 940. The van der Waals surface area contributed by atoms with Gasteiger partial charge in [-0.1, -0.05) is 11.6 Å². The van der Waals surface area contributed by atoms with Crippen LogP contribution in [0.3, 0.4) is 0 Å². The zero-order valence-corrected chi connectivity index (χ0v) is 16.2. The van der Waals surface area contributed by atoms with Gasteiger partial charge in [0.15, 0.2) is 0 Å². The number of sulfonamides is 2. The smallest absolute Gasteiger partial charge is 0.244 e. The molecule has 0 aliphatic carbocycles. The SMILES string of the molecule is CN1c2cc(Cl)c(S(N)(=O)=O)cc2S(=O)(=O)NC1[C@H](CON([O-])O)ON([O-])O. The summed E-state index contributed by atoms with van der Waals surface area (Å²) < 4.78 is 50.3. The lowest BCUT2D eigenvalue weighted by Crippen LogP contribution is -2.59. The number of rotatable bonds is 7. The molecule has 0 saturated carbocycles. The first kappa shape index (κ1) is 23.1. The van der Waals surface area contributed by atoms with Gasteiger partial charge in [0.2, 0.25) is 20.0 Å². The molecule has 5 N–H and O–H groups in total. The van der Waals surface area contributed by atoms with Gasteiger partial charge in [0, 0.05) is 7.05 Å². The van der Waals surface area contributed by atoms with E-state index in [1.807, 2.05) is 0 Å². The molecule has 2 rings (SSSR count). The summed E-state index contributed by atoms with van der Waals surface area (Å²) in [6.45, 7) is -0.880. The molecule has 0 aromatic heterocycles. The maximum atomic E-state index is 12.6. The van der Waals surface area contributed by atoms with Crippen LogP contribution in [0.25, 0.3) is 0 Å². The van der Waals surface area contributed by atoms with Gasteiger partial charge in [-0.15, -0.1) is 10.8 Å². The second-order valence-corrected chi connectivity index (χ2v) is 9.01. The summed E-state index contributed by atoms with van der Waals surface area (Å²) in [6.07, 6.45) is -3.12. The molecule has 1 heterocycles. The average molecular weight is 464 g/mol. The van der Waals surface area contributed by atoms with Crippen LogP contribution in [0.5, 0.6) is 0 Å². The summed E-state index contributed by atoms with van der Waals surface area (Å²) in [6, 6.07) is 1.74. The third-order valence-corrected chi connectivity index (χ3v) is 6.44. The zero-order valence-electron chi connectivity index (χ0n) is 13.8. The molecule has 18 heteroatoms. The molecule has 1 aromatic rings. The third kappa shape index (κ3) is 5.04. The van der Waals surface area contributed by atoms with Gasteiger partial charge < -0.3 is 25.7 Å². The van der Waals surface area contributed by atoms with Gasteiger partial charge in [0.25, 0.3) is 0 Å². The number of hydrogen-bond acceptors (Lipinski definition) is 13. The second kappa shape index (κ2) is 8.28. The first-order valence-corrected chi connectivity index (χ1v) is 10.4. The Morgan fingerprint density at radius 3 is 2.50 bits per heavy atom. The van der Waals surface area contributed by atoms with Crippen LogP contribution in [-0.2, 0) is 29.7 Å². The van der Waals surface area contributed by atoms with Crippen molar-refractivity contribution in [3.63, 3.8) is 0 Å². The molecule has 0 radical (unpaired) electrons. The number of anilines is 1. The Morgan fingerprint density at radius 1 is 1.39 bits per heavy atom. The maximum absolute atomic E-state index is 12.6. The Balaban J connectivity index is 2.53. The number of halogens is 1. The molecule has 15 nitrogen and oxygen atoms in total. The Labute approximate surface area is 163 Å². The molecule has 1 unspecified atom stereocenters. The third-order valence-electron chi connectivity index (χ3n) is 3.61. The van der Waals surface area contributed by atoms with E-state index >= 15 is 0 Å². The average Bonchev–Trinajstić information content (AvgIpc) is 2.53. The molecule has 160 valence electrons. The topological polar surface area (TPSA) is 221 Å². The van der Waals surface area contributed by atoms with E-state index in [0.717, 1.165) is 17.0 Å². The molecular weight excluding hydrogens is 450 g/mol. The molecule has 28 heavy (non-hydrogen) atoms. The van der Waals surface area contributed by atoms with Crippen molar-refractivity contribution in [1.82, 2.24) is 15.5 Å². The molecular formula is C10H14ClN5O10S2-2. The van der Waals surface area contributed by atoms with Crippen molar-refractivity contribution < 1.29 is 36.9 Å². The van der Waals surface area contributed by atoms with E-state index in [9.17, 15) is 27.3 Å². The number of likely N-dealkylation sites (N-methyl/N-ethyl adjacent to an activating group) is 1. The van der Waals surface area contributed by atoms with Crippen LogP contribution in [0.4, 0.5) is 5.69 Å². The van der Waals surface area contributed by atoms with Crippen LogP contribution >= 0.6 is 11.6 Å². The molecule has 1 aliphatic rings. The summed E-state index contributed by atoms with van der Waals surface area (Å²) in [5, 5.41) is 41.2. The summed E-state index contributed by atoms with van der Waals surface area (Å²) in [7, 11) is -7.44. The quantitative estimate of drug-likeness (QED) is 0.344. The predicted molar refractivity (Wildman–Crippen MR) is 90.1 cm³/mol. The maximum Gasteiger partial charge on any atom is 0.244 e. The van der Waals surface area contributed by atoms with Gasteiger partial charge in [-0.3, -0.25) is 9.68 Å². The fourth-order valence-corrected chi connectivity index (χ4v) is 5.12. The summed E-state index contributed by atoms with van der Waals surface area (Å²) >= 11 is 5.88. The highest BCUT2D eigenvalue weighted by molar-refractivity contribution is 7.90. The van der Waals surface area contributed by atoms with Crippen LogP contribution in [0.15, 0.2) is 21.9 Å². The highest BCUT2D eigenvalue weighted by atomic mass is 35.5. The molecule has 0 saturated heterocycles. The number of benzene rings is 1. The molecule has 2 atom stereocenters. The Kier molecular flexibility index (Phi) is 6.83. The first-order valence-electron chi connectivity index (χ1n) is 6.97. The van der Waals surface area contributed by atoms with Crippen molar-refractivity contribution in [3.05, 3.63) is 27.6 Å². The van der Waals surface area contributed by atoms with Gasteiger partial charge in [-0.05, 0) is 12.1 Å². The largest absolute Gasteiger partial charge is 0.738 e. The lowest BCUT2D eigenvalue weighted by molar-refractivity contribution is -0.364. The number of nitrogens with one attached hydrogen (secondary N) is 1. The van der Waals surface area contributed by atoms with Gasteiger partial charge >= 0.3 is 0 Å². The zero-order chi connectivity index (χ0) is 21.4. The van der Waals surface area contributed by atoms with E-state index in [1.165, 1.54) is 7.05 Å². The number of nitrogens with two attached hydrogens (primary N) is 1. The minimum atomic E-state index is -4.41. The van der Waals surface area contributed by atoms with Gasteiger partial charge in [0.05, 0.1) is 10.7 Å². The van der Waals surface area contributed by atoms with Gasteiger partial charge in [-0.25, -0.2) is 22.0 Å². The molecule has 0 bridgehead atoms. The highest BCUT2D eigenvalue weighted by Crippen LogP contribution is 2.37. The lowest BCUT2D eigenvalue weighted by atomic mass is 10.2. The van der Waals surface area contributed by atoms with E-state index in [0.29, 0.717) is 0 Å². The number of primary sulfonamides is 1.